The van der Waals surface area contributed by atoms with Crippen LogP contribution in [0, 0.1) is 5.92 Å². The first-order valence-electron chi connectivity index (χ1n) is 6.96. The number of pyridine rings is 1. The van der Waals surface area contributed by atoms with Crippen LogP contribution in [0.15, 0.2) is 48.7 Å². The van der Waals surface area contributed by atoms with Gasteiger partial charge in [0.05, 0.1) is 0 Å². The van der Waals surface area contributed by atoms with Crippen LogP contribution in [-0.2, 0) is 0 Å². The molecule has 0 bridgehead atoms. The molecule has 2 unspecified atom stereocenters. The fraction of sp³-hybridized carbons (Fsp3) is 0.235. The Morgan fingerprint density at radius 2 is 1.86 bits per heavy atom. The molecular weight excluding hydrogens is 303 g/mol. The minimum atomic E-state index is 0.241. The van der Waals surface area contributed by atoms with Gasteiger partial charge < -0.3 is 5.32 Å². The van der Waals surface area contributed by atoms with Gasteiger partial charge in [-0.25, -0.2) is 4.98 Å². The first kappa shape index (κ1) is 14.6. The van der Waals surface area contributed by atoms with Crippen LogP contribution in [0.2, 0.25) is 10.2 Å². The average Bonchev–Trinajstić information content (AvgIpc) is 2.50. The summed E-state index contributed by atoms with van der Waals surface area (Å²) in [7, 11) is 0. The second-order valence-corrected chi connectivity index (χ2v) is 6.08. The van der Waals surface area contributed by atoms with Gasteiger partial charge in [-0.3, -0.25) is 0 Å². The Morgan fingerprint density at radius 3 is 2.52 bits per heavy atom. The Labute approximate surface area is 134 Å². The maximum atomic E-state index is 5.97. The quantitative estimate of drug-likeness (QED) is 0.808. The van der Waals surface area contributed by atoms with Gasteiger partial charge in [-0.2, -0.15) is 0 Å². The lowest BCUT2D eigenvalue weighted by Gasteiger charge is -2.31. The van der Waals surface area contributed by atoms with Crippen molar-refractivity contribution in [3.8, 4) is 0 Å². The molecule has 108 valence electrons. The first-order chi connectivity index (χ1) is 10.1. The van der Waals surface area contributed by atoms with Gasteiger partial charge in [0.2, 0.25) is 0 Å². The Bertz CT molecular complexity index is 647. The lowest BCUT2D eigenvalue weighted by molar-refractivity contribution is 0.458. The van der Waals surface area contributed by atoms with Crippen molar-refractivity contribution in [1.29, 1.82) is 0 Å². The molecule has 1 N–H and O–H groups in total. The molecular formula is C17H16Cl2N2. The molecule has 4 heteroatoms. The predicted molar refractivity (Wildman–Crippen MR) is 88.6 cm³/mol. The van der Waals surface area contributed by atoms with Gasteiger partial charge in [0.25, 0.3) is 0 Å². The van der Waals surface area contributed by atoms with Crippen LogP contribution in [0.3, 0.4) is 0 Å². The molecule has 3 rings (SSSR count). The minimum absolute atomic E-state index is 0.241. The average molecular weight is 319 g/mol. The van der Waals surface area contributed by atoms with Gasteiger partial charge in [0, 0.05) is 29.7 Å². The van der Waals surface area contributed by atoms with Gasteiger partial charge in [-0.05, 0) is 34.9 Å². The molecule has 0 spiro atoms. The van der Waals surface area contributed by atoms with E-state index < -0.39 is 0 Å². The largest absolute Gasteiger partial charge is 0.306 e. The van der Waals surface area contributed by atoms with E-state index in [1.165, 1.54) is 11.1 Å². The molecule has 2 heterocycles. The summed E-state index contributed by atoms with van der Waals surface area (Å²) in [5.74, 6) is 0.350. The minimum Gasteiger partial charge on any atom is -0.306 e. The van der Waals surface area contributed by atoms with Gasteiger partial charge in [0.15, 0.2) is 0 Å². The number of hydrogen-bond donors (Lipinski definition) is 1. The van der Waals surface area contributed by atoms with E-state index in [-0.39, 0.29) is 6.04 Å². The molecule has 0 radical (unpaired) electrons. The van der Waals surface area contributed by atoms with Crippen molar-refractivity contribution < 1.29 is 0 Å². The summed E-state index contributed by atoms with van der Waals surface area (Å²) < 4.78 is 0. The number of nitrogens with one attached hydrogen (secondary N) is 1. The zero-order valence-corrected chi connectivity index (χ0v) is 13.2. The number of rotatable bonds is 2. The summed E-state index contributed by atoms with van der Waals surface area (Å²) in [6.45, 7) is 3.07. The van der Waals surface area contributed by atoms with Crippen molar-refractivity contribution in [2.75, 3.05) is 6.54 Å². The van der Waals surface area contributed by atoms with Crippen molar-refractivity contribution in [2.24, 2.45) is 5.92 Å². The van der Waals surface area contributed by atoms with E-state index in [1.54, 1.807) is 0 Å². The van der Waals surface area contributed by atoms with Gasteiger partial charge in [-0.1, -0.05) is 54.4 Å². The van der Waals surface area contributed by atoms with E-state index in [1.807, 2.05) is 30.5 Å². The monoisotopic (exact) mass is 318 g/mol. The van der Waals surface area contributed by atoms with E-state index in [4.69, 9.17) is 23.2 Å². The van der Waals surface area contributed by atoms with Crippen LogP contribution in [0.1, 0.15) is 24.1 Å². The van der Waals surface area contributed by atoms with E-state index in [9.17, 15) is 0 Å². The molecule has 0 fully saturated rings. The summed E-state index contributed by atoms with van der Waals surface area (Å²) in [5.41, 5.74) is 3.72. The molecule has 1 aliphatic rings. The van der Waals surface area contributed by atoms with Crippen molar-refractivity contribution in [2.45, 2.75) is 13.0 Å². The summed E-state index contributed by atoms with van der Waals surface area (Å²) in [6, 6.07) is 12.1. The van der Waals surface area contributed by atoms with E-state index in [2.05, 4.69) is 35.4 Å². The van der Waals surface area contributed by atoms with Gasteiger partial charge in [0.1, 0.15) is 5.15 Å². The van der Waals surface area contributed by atoms with Gasteiger partial charge in [-0.15, -0.1) is 0 Å². The number of hydrogen-bond acceptors (Lipinski definition) is 2. The fourth-order valence-electron chi connectivity index (χ4n) is 2.84. The molecule has 2 aromatic rings. The Hall–Kier alpha value is -1.35. The molecule has 1 aromatic carbocycles. The van der Waals surface area contributed by atoms with E-state index in [0.29, 0.717) is 11.1 Å². The van der Waals surface area contributed by atoms with Crippen LogP contribution in [0.5, 0.6) is 0 Å². The molecule has 1 aliphatic heterocycles. The summed E-state index contributed by atoms with van der Waals surface area (Å²) in [4.78, 5) is 4.19. The number of aromatic nitrogens is 1. The molecule has 0 aliphatic carbocycles. The standard InChI is InChI=1S/C17H16Cl2N2/c1-11-15(12-2-5-14(18)6-3-12)8-9-20-17(11)13-4-7-16(19)21-10-13/h2-8,10-11,17,20H,9H2,1H3. The van der Waals surface area contributed by atoms with Crippen LogP contribution in [0.4, 0.5) is 0 Å². The van der Waals surface area contributed by atoms with E-state index in [0.717, 1.165) is 17.1 Å². The molecule has 2 atom stereocenters. The highest BCUT2D eigenvalue weighted by Gasteiger charge is 2.26. The molecule has 0 saturated heterocycles. The molecule has 0 saturated carbocycles. The zero-order valence-electron chi connectivity index (χ0n) is 11.7. The smallest absolute Gasteiger partial charge is 0.129 e. The Balaban J connectivity index is 1.89. The third-order valence-electron chi connectivity index (χ3n) is 3.94. The third-order valence-corrected chi connectivity index (χ3v) is 4.41. The van der Waals surface area contributed by atoms with Crippen molar-refractivity contribution in [1.82, 2.24) is 10.3 Å². The summed E-state index contributed by atoms with van der Waals surface area (Å²) in [6.07, 6.45) is 4.09. The third kappa shape index (κ3) is 3.13. The highest BCUT2D eigenvalue weighted by molar-refractivity contribution is 6.30. The SMILES string of the molecule is CC1C(c2ccc(Cl)cc2)=CCNC1c1ccc(Cl)nc1. The number of nitrogens with zero attached hydrogens (tertiary/aromatic N) is 1. The van der Waals surface area contributed by atoms with Crippen molar-refractivity contribution in [3.63, 3.8) is 0 Å². The number of halogens is 2. The highest BCUT2D eigenvalue weighted by Crippen LogP contribution is 2.36. The second kappa shape index (κ2) is 6.18. The summed E-state index contributed by atoms with van der Waals surface area (Å²) >= 11 is 11.8. The topological polar surface area (TPSA) is 24.9 Å². The lowest BCUT2D eigenvalue weighted by atomic mass is 9.83. The maximum absolute atomic E-state index is 5.97. The van der Waals surface area contributed by atoms with Crippen LogP contribution in [0.25, 0.3) is 5.57 Å². The zero-order chi connectivity index (χ0) is 14.8. The maximum Gasteiger partial charge on any atom is 0.129 e. The first-order valence-corrected chi connectivity index (χ1v) is 7.71. The van der Waals surface area contributed by atoms with Crippen LogP contribution in [-0.4, -0.2) is 11.5 Å². The lowest BCUT2D eigenvalue weighted by Crippen LogP contribution is -2.32. The van der Waals surface area contributed by atoms with Crippen molar-refractivity contribution in [3.05, 3.63) is 70.0 Å². The fourth-order valence-corrected chi connectivity index (χ4v) is 3.08. The summed E-state index contributed by atoms with van der Waals surface area (Å²) in [5, 5.41) is 4.82. The number of benzene rings is 1. The normalized spacial score (nSPS) is 22.0. The van der Waals surface area contributed by atoms with Gasteiger partial charge >= 0.3 is 0 Å². The second-order valence-electron chi connectivity index (χ2n) is 5.26. The molecule has 2 nitrogen and oxygen atoms in total. The van der Waals surface area contributed by atoms with Crippen LogP contribution < -0.4 is 5.32 Å². The van der Waals surface area contributed by atoms with Crippen molar-refractivity contribution >= 4 is 28.8 Å². The molecule has 0 amide bonds. The highest BCUT2D eigenvalue weighted by atomic mass is 35.5. The predicted octanol–water partition coefficient (Wildman–Crippen LogP) is 4.75. The Morgan fingerprint density at radius 1 is 1.10 bits per heavy atom. The van der Waals surface area contributed by atoms with Crippen LogP contribution >= 0.6 is 23.2 Å². The molecule has 1 aromatic heterocycles. The van der Waals surface area contributed by atoms with E-state index >= 15 is 0 Å². The molecule has 21 heavy (non-hydrogen) atoms. The Kier molecular flexibility index (Phi) is 4.29.